The highest BCUT2D eigenvalue weighted by Gasteiger charge is 2.41. The van der Waals surface area contributed by atoms with Gasteiger partial charge in [-0.25, -0.2) is 17.6 Å². The van der Waals surface area contributed by atoms with Crippen LogP contribution in [0.15, 0.2) is 24.3 Å². The number of nitrogens with two attached hydrogens (primary N) is 2. The number of rotatable bonds is 5. The average Bonchev–Trinajstić information content (AvgIpc) is 3.35. The molecular weight excluding hydrogens is 440 g/mol. The fourth-order valence-electron chi connectivity index (χ4n) is 5.06. The maximum absolute atomic E-state index is 14.4. The summed E-state index contributed by atoms with van der Waals surface area (Å²) in [5.74, 6) is -3.88. The maximum Gasteiger partial charge on any atom is 0.302 e. The summed E-state index contributed by atoms with van der Waals surface area (Å²) in [6.07, 6.45) is 0.530. The Morgan fingerprint density at radius 1 is 0.848 bits per heavy atom. The number of anilines is 4. The highest BCUT2D eigenvalue weighted by Crippen LogP contribution is 2.38. The zero-order valence-corrected chi connectivity index (χ0v) is 18.2. The lowest BCUT2D eigenvalue weighted by Crippen LogP contribution is -2.37. The van der Waals surface area contributed by atoms with E-state index < -0.39 is 35.3 Å². The Balaban J connectivity index is 1.53. The first-order chi connectivity index (χ1) is 15.6. The number of hydrogen-bond acceptors (Lipinski definition) is 6. The first-order valence-corrected chi connectivity index (χ1v) is 10.8. The summed E-state index contributed by atoms with van der Waals surface area (Å²) in [5.41, 5.74) is 10.7. The maximum atomic E-state index is 14.4. The number of nitrogen functional groups attached to an aromatic ring is 2. The van der Waals surface area contributed by atoms with Crippen molar-refractivity contribution in [3.05, 3.63) is 47.5 Å². The van der Waals surface area contributed by atoms with Crippen molar-refractivity contribution in [3.8, 4) is 0 Å². The van der Waals surface area contributed by atoms with Gasteiger partial charge in [0.1, 0.15) is 17.5 Å². The molecule has 4 N–H and O–H groups in total. The SMILES string of the molecule is CC(=O)OC([C@@H]1CCN(c2c(F)cc(N)cc2F)C1)[C@@H]1CCN(c2c(F)cc(N)cc2F)C1. The molecule has 33 heavy (non-hydrogen) atoms. The van der Waals surface area contributed by atoms with Crippen molar-refractivity contribution in [1.82, 2.24) is 0 Å². The Kier molecular flexibility index (Phi) is 6.27. The zero-order chi connectivity index (χ0) is 23.9. The minimum absolute atomic E-state index is 0.00420. The van der Waals surface area contributed by atoms with Gasteiger partial charge in [0.15, 0.2) is 23.3 Å². The van der Waals surface area contributed by atoms with Gasteiger partial charge in [-0.3, -0.25) is 4.79 Å². The monoisotopic (exact) mass is 466 g/mol. The van der Waals surface area contributed by atoms with E-state index in [0.29, 0.717) is 25.9 Å². The van der Waals surface area contributed by atoms with Crippen LogP contribution in [0.1, 0.15) is 19.8 Å². The molecule has 0 amide bonds. The molecule has 2 atom stereocenters. The quantitative estimate of drug-likeness (QED) is 0.397. The number of hydrogen-bond donors (Lipinski definition) is 2. The molecule has 0 spiro atoms. The van der Waals surface area contributed by atoms with Gasteiger partial charge in [-0.1, -0.05) is 0 Å². The van der Waals surface area contributed by atoms with Gasteiger partial charge in [0.05, 0.1) is 0 Å². The lowest BCUT2D eigenvalue weighted by Gasteiger charge is -2.29. The molecule has 2 aliphatic heterocycles. The molecule has 2 fully saturated rings. The summed E-state index contributed by atoms with van der Waals surface area (Å²) in [5, 5.41) is 0. The first kappa shape index (κ1) is 23.0. The highest BCUT2D eigenvalue weighted by molar-refractivity contribution is 5.66. The molecule has 4 rings (SSSR count). The van der Waals surface area contributed by atoms with E-state index in [1.54, 1.807) is 9.80 Å². The Bertz CT molecular complexity index is 945. The molecular formula is C23H26F4N4O2. The van der Waals surface area contributed by atoms with Crippen molar-refractivity contribution in [2.24, 2.45) is 11.8 Å². The van der Waals surface area contributed by atoms with Gasteiger partial charge in [-0.05, 0) is 37.1 Å². The van der Waals surface area contributed by atoms with E-state index in [1.165, 1.54) is 6.92 Å². The van der Waals surface area contributed by atoms with Crippen molar-refractivity contribution in [2.45, 2.75) is 25.9 Å². The molecule has 10 heteroatoms. The second-order valence-corrected chi connectivity index (χ2v) is 8.73. The number of esters is 1. The molecule has 0 radical (unpaired) electrons. The summed E-state index contributed by atoms with van der Waals surface area (Å²) in [6, 6.07) is 4.28. The van der Waals surface area contributed by atoms with Crippen LogP contribution in [0.4, 0.5) is 40.3 Å². The van der Waals surface area contributed by atoms with Gasteiger partial charge < -0.3 is 26.0 Å². The Morgan fingerprint density at radius 2 is 1.21 bits per heavy atom. The third-order valence-corrected chi connectivity index (χ3v) is 6.39. The van der Waals surface area contributed by atoms with Crippen LogP contribution in [-0.2, 0) is 9.53 Å². The second-order valence-electron chi connectivity index (χ2n) is 8.73. The third-order valence-electron chi connectivity index (χ3n) is 6.39. The number of halogens is 4. The van der Waals surface area contributed by atoms with Crippen LogP contribution in [0.2, 0.25) is 0 Å². The van der Waals surface area contributed by atoms with Crippen LogP contribution < -0.4 is 21.3 Å². The van der Waals surface area contributed by atoms with Crippen molar-refractivity contribution in [2.75, 3.05) is 47.4 Å². The van der Waals surface area contributed by atoms with E-state index >= 15 is 0 Å². The second kappa shape index (κ2) is 8.99. The van der Waals surface area contributed by atoms with Crippen LogP contribution >= 0.6 is 0 Å². The Labute approximate surface area is 189 Å². The van der Waals surface area contributed by atoms with Gasteiger partial charge >= 0.3 is 5.97 Å². The van der Waals surface area contributed by atoms with Crippen molar-refractivity contribution in [3.63, 3.8) is 0 Å². The Hall–Kier alpha value is -3.17. The molecule has 2 saturated heterocycles. The smallest absolute Gasteiger partial charge is 0.302 e. The van der Waals surface area contributed by atoms with Gasteiger partial charge in [-0.2, -0.15) is 0 Å². The minimum Gasteiger partial charge on any atom is -0.462 e. The normalized spacial score (nSPS) is 20.7. The lowest BCUT2D eigenvalue weighted by molar-refractivity contribution is -0.151. The summed E-state index contributed by atoms with van der Waals surface area (Å²) >= 11 is 0. The average molecular weight is 466 g/mol. The topological polar surface area (TPSA) is 84.8 Å². The highest BCUT2D eigenvalue weighted by atomic mass is 19.1. The molecule has 2 aromatic rings. The van der Waals surface area contributed by atoms with Gasteiger partial charge in [0.2, 0.25) is 0 Å². The molecule has 2 aromatic carbocycles. The molecule has 2 aliphatic rings. The summed E-state index contributed by atoms with van der Waals surface area (Å²) in [6.45, 7) is 2.59. The zero-order valence-electron chi connectivity index (χ0n) is 18.2. The minimum atomic E-state index is -0.751. The number of ether oxygens (including phenoxy) is 1. The van der Waals surface area contributed by atoms with Crippen LogP contribution in [0.5, 0.6) is 0 Å². The van der Waals surface area contributed by atoms with Crippen molar-refractivity contribution < 1.29 is 27.1 Å². The molecule has 0 aliphatic carbocycles. The van der Waals surface area contributed by atoms with E-state index in [0.717, 1.165) is 24.3 Å². The lowest BCUT2D eigenvalue weighted by atomic mass is 9.89. The van der Waals surface area contributed by atoms with E-state index in [4.69, 9.17) is 16.2 Å². The first-order valence-electron chi connectivity index (χ1n) is 10.8. The molecule has 0 bridgehead atoms. The fourth-order valence-corrected chi connectivity index (χ4v) is 5.06. The fraction of sp³-hybridized carbons (Fsp3) is 0.435. The predicted octanol–water partition coefficient (Wildman–Crippen LogP) is 3.69. The summed E-state index contributed by atoms with van der Waals surface area (Å²) in [7, 11) is 0. The molecule has 0 unspecified atom stereocenters. The van der Waals surface area contributed by atoms with Crippen LogP contribution in [0.3, 0.4) is 0 Å². The number of nitrogens with zero attached hydrogens (tertiary/aromatic N) is 2. The van der Waals surface area contributed by atoms with E-state index in [9.17, 15) is 22.4 Å². The molecule has 6 nitrogen and oxygen atoms in total. The number of carbonyl (C=O) groups excluding carboxylic acids is 1. The van der Waals surface area contributed by atoms with Crippen molar-refractivity contribution >= 4 is 28.7 Å². The van der Waals surface area contributed by atoms with Crippen LogP contribution in [0, 0.1) is 35.1 Å². The Morgan fingerprint density at radius 3 is 1.55 bits per heavy atom. The standard InChI is InChI=1S/C23H26F4N4O2/c1-12(32)33-23(13-2-4-30(10-13)21-17(24)6-15(28)7-18(21)25)14-3-5-31(11-14)22-19(26)8-16(29)9-20(22)27/h6-9,13-14,23H,2-5,10-11,28-29H2,1H3/t13-,14-/m1/s1. The molecule has 0 aromatic heterocycles. The molecule has 178 valence electrons. The van der Waals surface area contributed by atoms with Gasteiger partial charge in [0, 0.05) is 56.3 Å². The van der Waals surface area contributed by atoms with Gasteiger partial charge in [0.25, 0.3) is 0 Å². The van der Waals surface area contributed by atoms with E-state index in [2.05, 4.69) is 0 Å². The van der Waals surface area contributed by atoms with E-state index in [1.807, 2.05) is 0 Å². The number of benzene rings is 2. The van der Waals surface area contributed by atoms with Crippen molar-refractivity contribution in [1.29, 1.82) is 0 Å². The largest absolute Gasteiger partial charge is 0.462 e. The van der Waals surface area contributed by atoms with Gasteiger partial charge in [-0.15, -0.1) is 0 Å². The van der Waals surface area contributed by atoms with Crippen LogP contribution in [-0.4, -0.2) is 38.3 Å². The predicted molar refractivity (Wildman–Crippen MR) is 118 cm³/mol. The molecule has 2 heterocycles. The summed E-state index contributed by atoms with van der Waals surface area (Å²) < 4.78 is 63.3. The van der Waals surface area contributed by atoms with Crippen LogP contribution in [0.25, 0.3) is 0 Å². The summed E-state index contributed by atoms with van der Waals surface area (Å²) in [4.78, 5) is 15.0. The van der Waals surface area contributed by atoms with E-state index in [-0.39, 0.29) is 47.7 Å². The number of carbonyl (C=O) groups is 1. The third kappa shape index (κ3) is 4.65. The molecule has 0 saturated carbocycles.